The fourth-order valence-electron chi connectivity index (χ4n) is 2.57. The van der Waals surface area contributed by atoms with E-state index >= 15 is 0 Å². The van der Waals surface area contributed by atoms with Crippen molar-refractivity contribution in [2.45, 2.75) is 26.3 Å². The summed E-state index contributed by atoms with van der Waals surface area (Å²) in [5, 5.41) is 15.4. The van der Waals surface area contributed by atoms with Crippen molar-refractivity contribution in [2.75, 3.05) is 19.8 Å². The van der Waals surface area contributed by atoms with Gasteiger partial charge in [-0.25, -0.2) is 0 Å². The van der Waals surface area contributed by atoms with Crippen LogP contribution < -0.4 is 10.6 Å². The lowest BCUT2D eigenvalue weighted by atomic mass is 10.0. The van der Waals surface area contributed by atoms with Gasteiger partial charge >= 0.3 is 0 Å². The number of aryl methyl sites for hydroxylation is 1. The van der Waals surface area contributed by atoms with E-state index in [2.05, 4.69) is 10.6 Å². The first-order valence-electron chi connectivity index (χ1n) is 9.03. The second-order valence-electron chi connectivity index (χ2n) is 6.18. The van der Waals surface area contributed by atoms with Gasteiger partial charge in [0.05, 0.1) is 5.56 Å². The molecule has 0 heterocycles. The fraction of sp³-hybridized carbons (Fsp3) is 0.333. The molecule has 0 spiro atoms. The molecule has 0 unspecified atom stereocenters. The monoisotopic (exact) mass is 370 g/mol. The van der Waals surface area contributed by atoms with E-state index in [9.17, 15) is 14.7 Å². The van der Waals surface area contributed by atoms with Crippen LogP contribution in [-0.2, 0) is 9.53 Å². The van der Waals surface area contributed by atoms with Gasteiger partial charge in [-0.15, -0.1) is 0 Å². The summed E-state index contributed by atoms with van der Waals surface area (Å²) in [5.74, 6) is -0.947. The summed E-state index contributed by atoms with van der Waals surface area (Å²) in [6.45, 7) is 5.52. The van der Waals surface area contributed by atoms with Crippen LogP contribution in [0.25, 0.3) is 0 Å². The average Bonchev–Trinajstić information content (AvgIpc) is 2.67. The van der Waals surface area contributed by atoms with Crippen LogP contribution in [0, 0.1) is 6.92 Å². The van der Waals surface area contributed by atoms with Gasteiger partial charge in [-0.3, -0.25) is 9.59 Å². The second-order valence-corrected chi connectivity index (χ2v) is 6.18. The summed E-state index contributed by atoms with van der Waals surface area (Å²) >= 11 is 0. The third-order valence-electron chi connectivity index (χ3n) is 4.07. The molecule has 6 nitrogen and oxygen atoms in total. The highest BCUT2D eigenvalue weighted by molar-refractivity contribution is 5.99. The highest BCUT2D eigenvalue weighted by Crippen LogP contribution is 2.19. The number of hydrogen-bond acceptors (Lipinski definition) is 4. The molecule has 0 aliphatic carbocycles. The smallest absolute Gasteiger partial charge is 0.255 e. The van der Waals surface area contributed by atoms with Gasteiger partial charge in [0.1, 0.15) is 11.8 Å². The summed E-state index contributed by atoms with van der Waals surface area (Å²) in [7, 11) is 0. The molecular weight excluding hydrogens is 344 g/mol. The molecule has 3 N–H and O–H groups in total. The van der Waals surface area contributed by atoms with Gasteiger partial charge in [-0.2, -0.15) is 0 Å². The van der Waals surface area contributed by atoms with Gasteiger partial charge in [0, 0.05) is 19.8 Å². The molecule has 0 saturated heterocycles. The summed E-state index contributed by atoms with van der Waals surface area (Å²) < 4.78 is 5.26. The Morgan fingerprint density at radius 3 is 2.48 bits per heavy atom. The van der Waals surface area contributed by atoms with Gasteiger partial charge < -0.3 is 20.5 Å². The predicted octanol–water partition coefficient (Wildman–Crippen LogP) is 2.71. The molecular formula is C21H26N2O4. The Morgan fingerprint density at radius 2 is 1.81 bits per heavy atom. The number of phenolic OH excluding ortho intramolecular Hbond substituents is 1. The average molecular weight is 370 g/mol. The number of carbonyl (C=O) groups excluding carboxylic acids is 2. The molecule has 2 rings (SSSR count). The minimum absolute atomic E-state index is 0.124. The Hall–Kier alpha value is -2.86. The molecule has 0 aliphatic rings. The van der Waals surface area contributed by atoms with Crippen LogP contribution in [0.15, 0.2) is 48.5 Å². The normalized spacial score (nSPS) is 11.6. The number of carbonyl (C=O) groups is 2. The highest BCUT2D eigenvalue weighted by Gasteiger charge is 2.24. The molecule has 0 bridgehead atoms. The quantitative estimate of drug-likeness (QED) is 0.592. The SMILES string of the molecule is CCOCCCNC(=O)[C@H](NC(=O)c1ccccc1O)c1ccc(C)cc1. The zero-order valence-corrected chi connectivity index (χ0v) is 15.7. The van der Waals surface area contributed by atoms with E-state index in [-0.39, 0.29) is 17.2 Å². The van der Waals surface area contributed by atoms with E-state index in [1.807, 2.05) is 38.1 Å². The number of para-hydroxylation sites is 1. The van der Waals surface area contributed by atoms with Gasteiger partial charge in [-0.05, 0) is 38.0 Å². The molecule has 27 heavy (non-hydrogen) atoms. The Bertz CT molecular complexity index is 759. The Balaban J connectivity index is 2.12. The van der Waals surface area contributed by atoms with Gasteiger partial charge in [0.25, 0.3) is 5.91 Å². The van der Waals surface area contributed by atoms with Crippen LogP contribution in [0.1, 0.15) is 40.9 Å². The van der Waals surface area contributed by atoms with Crippen LogP contribution in [0.4, 0.5) is 0 Å². The number of ether oxygens (including phenoxy) is 1. The Kier molecular flexibility index (Phi) is 7.82. The zero-order chi connectivity index (χ0) is 19.6. The van der Waals surface area contributed by atoms with E-state index in [1.54, 1.807) is 12.1 Å². The second kappa shape index (κ2) is 10.3. The van der Waals surface area contributed by atoms with Crippen molar-refractivity contribution in [2.24, 2.45) is 0 Å². The van der Waals surface area contributed by atoms with Crippen LogP contribution in [-0.4, -0.2) is 36.7 Å². The third kappa shape index (κ3) is 6.11. The molecule has 0 fully saturated rings. The van der Waals surface area contributed by atoms with Crippen LogP contribution in [0.5, 0.6) is 5.75 Å². The number of benzene rings is 2. The topological polar surface area (TPSA) is 87.7 Å². The van der Waals surface area contributed by atoms with Crippen LogP contribution in [0.3, 0.4) is 0 Å². The molecule has 1 atom stereocenters. The molecule has 6 heteroatoms. The molecule has 0 aromatic heterocycles. The van der Waals surface area contributed by atoms with E-state index in [4.69, 9.17) is 4.74 Å². The number of phenols is 1. The molecule has 0 saturated carbocycles. The first-order valence-corrected chi connectivity index (χ1v) is 9.03. The molecule has 2 aromatic carbocycles. The summed E-state index contributed by atoms with van der Waals surface area (Å²) in [4.78, 5) is 25.2. The first kappa shape index (κ1) is 20.5. The van der Waals surface area contributed by atoms with Crippen LogP contribution >= 0.6 is 0 Å². The van der Waals surface area contributed by atoms with E-state index < -0.39 is 11.9 Å². The number of aromatic hydroxyl groups is 1. The predicted molar refractivity (Wildman–Crippen MR) is 104 cm³/mol. The van der Waals surface area contributed by atoms with E-state index in [0.717, 1.165) is 5.56 Å². The molecule has 144 valence electrons. The van der Waals surface area contributed by atoms with Crippen molar-refractivity contribution in [3.63, 3.8) is 0 Å². The van der Waals surface area contributed by atoms with Crippen LogP contribution in [0.2, 0.25) is 0 Å². The maximum Gasteiger partial charge on any atom is 0.255 e. The van der Waals surface area contributed by atoms with Crippen molar-refractivity contribution in [3.8, 4) is 5.75 Å². The number of amides is 2. The summed E-state index contributed by atoms with van der Waals surface area (Å²) in [6.07, 6.45) is 0.688. The number of rotatable bonds is 9. The molecule has 2 aromatic rings. The van der Waals surface area contributed by atoms with E-state index in [0.29, 0.717) is 31.7 Å². The lowest BCUT2D eigenvalue weighted by Crippen LogP contribution is -2.41. The van der Waals surface area contributed by atoms with Crippen molar-refractivity contribution in [3.05, 3.63) is 65.2 Å². The standard InChI is InChI=1S/C21H26N2O4/c1-3-27-14-6-13-22-21(26)19(16-11-9-15(2)10-12-16)23-20(25)17-7-4-5-8-18(17)24/h4-5,7-12,19,24H,3,6,13-14H2,1-2H3,(H,22,26)(H,23,25)/t19-/m1/s1. The van der Waals surface area contributed by atoms with Crippen molar-refractivity contribution < 1.29 is 19.4 Å². The minimum Gasteiger partial charge on any atom is -0.507 e. The highest BCUT2D eigenvalue weighted by atomic mass is 16.5. The maximum absolute atomic E-state index is 12.7. The largest absolute Gasteiger partial charge is 0.507 e. The third-order valence-corrected chi connectivity index (χ3v) is 4.07. The van der Waals surface area contributed by atoms with E-state index in [1.165, 1.54) is 12.1 Å². The molecule has 2 amide bonds. The molecule has 0 radical (unpaired) electrons. The molecule has 0 aliphatic heterocycles. The fourth-order valence-corrected chi connectivity index (χ4v) is 2.57. The van der Waals surface area contributed by atoms with Crippen molar-refractivity contribution >= 4 is 11.8 Å². The number of nitrogens with one attached hydrogen (secondary N) is 2. The van der Waals surface area contributed by atoms with Crippen molar-refractivity contribution in [1.82, 2.24) is 10.6 Å². The summed E-state index contributed by atoms with van der Waals surface area (Å²) in [5.41, 5.74) is 1.85. The Labute approximate surface area is 159 Å². The van der Waals surface area contributed by atoms with Gasteiger partial charge in [0.15, 0.2) is 0 Å². The first-order chi connectivity index (χ1) is 13.0. The number of hydrogen-bond donors (Lipinski definition) is 3. The Morgan fingerprint density at radius 1 is 1.11 bits per heavy atom. The van der Waals surface area contributed by atoms with Crippen molar-refractivity contribution in [1.29, 1.82) is 0 Å². The van der Waals surface area contributed by atoms with Gasteiger partial charge in [-0.1, -0.05) is 42.0 Å². The minimum atomic E-state index is -0.857. The van der Waals surface area contributed by atoms with Gasteiger partial charge in [0.2, 0.25) is 5.91 Å². The lowest BCUT2D eigenvalue weighted by Gasteiger charge is -2.19. The lowest BCUT2D eigenvalue weighted by molar-refractivity contribution is -0.123. The maximum atomic E-state index is 12.7. The summed E-state index contributed by atoms with van der Waals surface area (Å²) in [6, 6.07) is 12.8. The zero-order valence-electron chi connectivity index (χ0n) is 15.7.